The molecule has 0 amide bonds. The molecule has 0 bridgehead atoms. The maximum absolute atomic E-state index is 8.87. The van der Waals surface area contributed by atoms with Gasteiger partial charge in [0.25, 0.3) is 0 Å². The van der Waals surface area contributed by atoms with E-state index >= 15 is 0 Å². The van der Waals surface area contributed by atoms with Gasteiger partial charge in [-0.25, -0.2) is 0 Å². The van der Waals surface area contributed by atoms with Crippen LogP contribution in [0.25, 0.3) is 0 Å². The van der Waals surface area contributed by atoms with Crippen LogP contribution in [0.1, 0.15) is 40.5 Å². The summed E-state index contributed by atoms with van der Waals surface area (Å²) < 4.78 is 0. The lowest BCUT2D eigenvalue weighted by Crippen LogP contribution is -2.28. The van der Waals surface area contributed by atoms with Gasteiger partial charge in [-0.3, -0.25) is 0 Å². The van der Waals surface area contributed by atoms with E-state index in [9.17, 15) is 0 Å². The Balaban J connectivity index is 3.75. The zero-order chi connectivity index (χ0) is 11.2. The summed E-state index contributed by atoms with van der Waals surface area (Å²) in [6, 6.07) is 2.34. The quantitative estimate of drug-likeness (QED) is 0.653. The molecule has 0 rings (SSSR count). The molecule has 0 aromatic rings. The van der Waals surface area contributed by atoms with Crippen LogP contribution in [0.5, 0.6) is 0 Å². The third-order valence-electron chi connectivity index (χ3n) is 2.74. The molecule has 0 aromatic carbocycles. The zero-order valence-electron chi connectivity index (χ0n) is 10.3. The third kappa shape index (κ3) is 5.99. The van der Waals surface area contributed by atoms with E-state index in [4.69, 9.17) is 5.26 Å². The molecule has 2 heteroatoms. The maximum atomic E-state index is 8.87. The van der Waals surface area contributed by atoms with Crippen LogP contribution in [0, 0.1) is 22.7 Å². The predicted molar refractivity (Wildman–Crippen MR) is 61.0 cm³/mol. The number of rotatable bonds is 6. The predicted octanol–water partition coefficient (Wildman–Crippen LogP) is 2.90. The van der Waals surface area contributed by atoms with Crippen molar-refractivity contribution in [1.29, 1.82) is 5.26 Å². The lowest BCUT2D eigenvalue weighted by molar-refractivity contribution is 0.251. The van der Waals surface area contributed by atoms with E-state index < -0.39 is 0 Å². The van der Waals surface area contributed by atoms with Crippen molar-refractivity contribution < 1.29 is 0 Å². The summed E-state index contributed by atoms with van der Waals surface area (Å²) in [6.07, 6.45) is 2.18. The molecule has 0 fully saturated rings. The Morgan fingerprint density at radius 1 is 1.43 bits per heavy atom. The first-order valence-corrected chi connectivity index (χ1v) is 5.51. The van der Waals surface area contributed by atoms with Crippen LogP contribution in [0.4, 0.5) is 0 Å². The summed E-state index contributed by atoms with van der Waals surface area (Å²) in [5.74, 6) is 0.755. The SMILES string of the molecule is CCC(C)CN(C)CCC(C)(C)C#N. The van der Waals surface area contributed by atoms with Crippen molar-refractivity contribution in [3.63, 3.8) is 0 Å². The standard InChI is InChI=1S/C12H24N2/c1-6-11(2)9-14(5)8-7-12(3,4)10-13/h11H,6-9H2,1-5H3. The Kier molecular flexibility index (Phi) is 5.79. The van der Waals surface area contributed by atoms with Gasteiger partial charge >= 0.3 is 0 Å². The van der Waals surface area contributed by atoms with Gasteiger partial charge in [0.15, 0.2) is 0 Å². The van der Waals surface area contributed by atoms with E-state index in [-0.39, 0.29) is 5.41 Å². The zero-order valence-corrected chi connectivity index (χ0v) is 10.3. The molecule has 0 aliphatic rings. The van der Waals surface area contributed by atoms with E-state index in [2.05, 4.69) is 31.9 Å². The molecule has 14 heavy (non-hydrogen) atoms. The molecule has 0 N–H and O–H groups in total. The maximum Gasteiger partial charge on any atom is 0.0684 e. The second-order valence-electron chi connectivity index (χ2n) is 5.02. The van der Waals surface area contributed by atoms with Gasteiger partial charge in [-0.15, -0.1) is 0 Å². The summed E-state index contributed by atoms with van der Waals surface area (Å²) in [6.45, 7) is 10.7. The molecule has 2 nitrogen and oxygen atoms in total. The molecule has 0 aliphatic heterocycles. The van der Waals surface area contributed by atoms with Gasteiger partial charge < -0.3 is 4.90 Å². The fraction of sp³-hybridized carbons (Fsp3) is 0.917. The first-order chi connectivity index (χ1) is 6.41. The van der Waals surface area contributed by atoms with Crippen LogP contribution in [0.15, 0.2) is 0 Å². The summed E-state index contributed by atoms with van der Waals surface area (Å²) in [7, 11) is 2.14. The minimum atomic E-state index is -0.177. The highest BCUT2D eigenvalue weighted by Crippen LogP contribution is 2.18. The molecule has 0 aromatic heterocycles. The van der Waals surface area contributed by atoms with Crippen LogP contribution < -0.4 is 0 Å². The minimum Gasteiger partial charge on any atom is -0.306 e. The van der Waals surface area contributed by atoms with Crippen LogP contribution in [0.2, 0.25) is 0 Å². The van der Waals surface area contributed by atoms with Gasteiger partial charge in [0, 0.05) is 6.54 Å². The lowest BCUT2D eigenvalue weighted by Gasteiger charge is -2.23. The molecule has 0 aliphatic carbocycles. The summed E-state index contributed by atoms with van der Waals surface area (Å²) in [4.78, 5) is 2.33. The van der Waals surface area contributed by atoms with E-state index in [0.29, 0.717) is 0 Å². The fourth-order valence-corrected chi connectivity index (χ4v) is 1.28. The molecule has 1 unspecified atom stereocenters. The van der Waals surface area contributed by atoms with Gasteiger partial charge in [0.2, 0.25) is 0 Å². The molecule has 82 valence electrons. The average molecular weight is 196 g/mol. The Morgan fingerprint density at radius 2 is 2.00 bits per heavy atom. The van der Waals surface area contributed by atoms with Gasteiger partial charge in [-0.1, -0.05) is 20.3 Å². The van der Waals surface area contributed by atoms with Crippen molar-refractivity contribution in [3.05, 3.63) is 0 Å². The molecular weight excluding hydrogens is 172 g/mol. The van der Waals surface area contributed by atoms with Gasteiger partial charge in [-0.05, 0) is 39.8 Å². The molecule has 0 heterocycles. The molecule has 0 radical (unpaired) electrons. The summed E-state index contributed by atoms with van der Waals surface area (Å²) in [5.41, 5.74) is -0.177. The van der Waals surface area contributed by atoms with E-state index in [0.717, 1.165) is 25.4 Å². The van der Waals surface area contributed by atoms with Gasteiger partial charge in [-0.2, -0.15) is 5.26 Å². The van der Waals surface area contributed by atoms with Crippen molar-refractivity contribution in [2.24, 2.45) is 11.3 Å². The van der Waals surface area contributed by atoms with Crippen molar-refractivity contribution in [1.82, 2.24) is 4.90 Å². The molecule has 1 atom stereocenters. The molecular formula is C12H24N2. The smallest absolute Gasteiger partial charge is 0.0684 e. The normalized spacial score (nSPS) is 14.1. The lowest BCUT2D eigenvalue weighted by atomic mass is 9.91. The van der Waals surface area contributed by atoms with Gasteiger partial charge in [0.05, 0.1) is 11.5 Å². The second-order valence-corrected chi connectivity index (χ2v) is 5.02. The summed E-state index contributed by atoms with van der Waals surface area (Å²) >= 11 is 0. The van der Waals surface area contributed by atoms with Crippen LogP contribution in [-0.4, -0.2) is 25.0 Å². The van der Waals surface area contributed by atoms with E-state index in [1.54, 1.807) is 0 Å². The average Bonchev–Trinajstić information content (AvgIpc) is 2.15. The van der Waals surface area contributed by atoms with Crippen molar-refractivity contribution in [3.8, 4) is 6.07 Å². The number of hydrogen-bond donors (Lipinski definition) is 0. The highest BCUT2D eigenvalue weighted by molar-refractivity contribution is 4.91. The Morgan fingerprint density at radius 3 is 2.43 bits per heavy atom. The second kappa shape index (κ2) is 6.03. The highest BCUT2D eigenvalue weighted by atomic mass is 15.1. The largest absolute Gasteiger partial charge is 0.306 e. The number of nitriles is 1. The van der Waals surface area contributed by atoms with E-state index in [1.807, 2.05) is 13.8 Å². The van der Waals surface area contributed by atoms with Crippen LogP contribution in [-0.2, 0) is 0 Å². The molecule has 0 saturated carbocycles. The van der Waals surface area contributed by atoms with Crippen molar-refractivity contribution >= 4 is 0 Å². The minimum absolute atomic E-state index is 0.177. The fourth-order valence-electron chi connectivity index (χ4n) is 1.28. The Bertz CT molecular complexity index is 191. The Labute approximate surface area is 88.9 Å². The number of nitrogens with zero attached hydrogens (tertiary/aromatic N) is 2. The molecule has 0 saturated heterocycles. The topological polar surface area (TPSA) is 27.0 Å². The summed E-state index contributed by atoms with van der Waals surface area (Å²) in [5, 5.41) is 8.87. The third-order valence-corrected chi connectivity index (χ3v) is 2.74. The van der Waals surface area contributed by atoms with E-state index in [1.165, 1.54) is 6.42 Å². The van der Waals surface area contributed by atoms with Crippen molar-refractivity contribution in [2.45, 2.75) is 40.5 Å². The molecule has 0 spiro atoms. The van der Waals surface area contributed by atoms with Crippen LogP contribution in [0.3, 0.4) is 0 Å². The van der Waals surface area contributed by atoms with Gasteiger partial charge in [0.1, 0.15) is 0 Å². The number of hydrogen-bond acceptors (Lipinski definition) is 2. The monoisotopic (exact) mass is 196 g/mol. The van der Waals surface area contributed by atoms with Crippen LogP contribution >= 0.6 is 0 Å². The first kappa shape index (κ1) is 13.4. The van der Waals surface area contributed by atoms with Crippen molar-refractivity contribution in [2.75, 3.05) is 20.1 Å². The highest BCUT2D eigenvalue weighted by Gasteiger charge is 2.17. The Hall–Kier alpha value is -0.550. The first-order valence-electron chi connectivity index (χ1n) is 5.51.